The first-order valence-electron chi connectivity index (χ1n) is 6.30. The zero-order chi connectivity index (χ0) is 15.6. The van der Waals surface area contributed by atoms with Crippen LogP contribution < -0.4 is 5.73 Å². The molecule has 2 aromatic rings. The zero-order valence-electron chi connectivity index (χ0n) is 11.7. The predicted octanol–water partition coefficient (Wildman–Crippen LogP) is 1.62. The Bertz CT molecular complexity index is 743. The highest BCUT2D eigenvalue weighted by Gasteiger charge is 2.18. The van der Waals surface area contributed by atoms with Crippen LogP contribution in [0.5, 0.6) is 0 Å². The first-order chi connectivity index (χ1) is 9.76. The molecule has 0 saturated carbocycles. The van der Waals surface area contributed by atoms with E-state index in [0.717, 1.165) is 11.8 Å². The molecule has 0 spiro atoms. The summed E-state index contributed by atoms with van der Waals surface area (Å²) in [5.74, 6) is -0.0948. The quantitative estimate of drug-likeness (QED) is 0.900. The van der Waals surface area contributed by atoms with Crippen LogP contribution in [0.25, 0.3) is 11.4 Å². The van der Waals surface area contributed by atoms with Gasteiger partial charge in [0, 0.05) is 11.8 Å². The molecule has 1 aromatic heterocycles. The van der Waals surface area contributed by atoms with E-state index >= 15 is 0 Å². The molecule has 1 heterocycles. The smallest absolute Gasteiger partial charge is 0.243 e. The highest BCUT2D eigenvalue weighted by molar-refractivity contribution is 7.90. The molecule has 0 amide bonds. The van der Waals surface area contributed by atoms with Crippen LogP contribution in [0.2, 0.25) is 0 Å². The lowest BCUT2D eigenvalue weighted by molar-refractivity contribution is 0.352. The van der Waals surface area contributed by atoms with Crippen LogP contribution in [0, 0.1) is 12.7 Å². The van der Waals surface area contributed by atoms with Gasteiger partial charge < -0.3 is 10.3 Å². The Morgan fingerprint density at radius 3 is 2.81 bits per heavy atom. The number of hydrogen-bond donors (Lipinski definition) is 1. The van der Waals surface area contributed by atoms with Gasteiger partial charge in [-0.3, -0.25) is 0 Å². The van der Waals surface area contributed by atoms with Crippen molar-refractivity contribution in [3.8, 4) is 11.4 Å². The lowest BCUT2D eigenvalue weighted by Gasteiger charge is -2.04. The number of nitrogens with zero attached hydrogens (tertiary/aromatic N) is 2. The molecule has 0 aliphatic heterocycles. The Hall–Kier alpha value is -1.80. The number of sulfone groups is 1. The molecule has 1 atom stereocenters. The van der Waals surface area contributed by atoms with Crippen LogP contribution in [0.15, 0.2) is 22.7 Å². The van der Waals surface area contributed by atoms with Crippen LogP contribution in [-0.4, -0.2) is 30.6 Å². The fourth-order valence-corrected chi connectivity index (χ4v) is 2.48. The Labute approximate surface area is 122 Å². The van der Waals surface area contributed by atoms with E-state index in [1.54, 1.807) is 13.0 Å². The van der Waals surface area contributed by atoms with Crippen LogP contribution in [0.4, 0.5) is 4.39 Å². The minimum atomic E-state index is -3.10. The van der Waals surface area contributed by atoms with Crippen molar-refractivity contribution in [1.29, 1.82) is 0 Å². The molecule has 1 aromatic carbocycles. The third-order valence-electron chi connectivity index (χ3n) is 3.00. The van der Waals surface area contributed by atoms with Crippen LogP contribution in [0.1, 0.15) is 23.9 Å². The van der Waals surface area contributed by atoms with Gasteiger partial charge in [0.05, 0.1) is 11.8 Å². The molecular weight excluding hydrogens is 297 g/mol. The summed E-state index contributed by atoms with van der Waals surface area (Å²) >= 11 is 0. The van der Waals surface area contributed by atoms with Crippen molar-refractivity contribution in [1.82, 2.24) is 10.1 Å². The van der Waals surface area contributed by atoms with Crippen molar-refractivity contribution in [2.24, 2.45) is 5.73 Å². The van der Waals surface area contributed by atoms with E-state index in [4.69, 9.17) is 10.3 Å². The topological polar surface area (TPSA) is 99.1 Å². The van der Waals surface area contributed by atoms with Gasteiger partial charge in [-0.25, -0.2) is 12.8 Å². The molecule has 8 heteroatoms. The summed E-state index contributed by atoms with van der Waals surface area (Å²) in [5.41, 5.74) is 7.14. The Morgan fingerprint density at radius 1 is 1.43 bits per heavy atom. The molecule has 0 aliphatic carbocycles. The van der Waals surface area contributed by atoms with E-state index in [9.17, 15) is 12.8 Å². The van der Waals surface area contributed by atoms with Crippen LogP contribution in [0.3, 0.4) is 0 Å². The molecule has 0 radical (unpaired) electrons. The molecule has 2 N–H and O–H groups in total. The first-order valence-corrected chi connectivity index (χ1v) is 8.36. The molecule has 1 unspecified atom stereocenters. The molecule has 0 saturated heterocycles. The molecule has 2 rings (SSSR count). The van der Waals surface area contributed by atoms with Gasteiger partial charge in [-0.2, -0.15) is 4.98 Å². The van der Waals surface area contributed by atoms with Crippen molar-refractivity contribution in [3.63, 3.8) is 0 Å². The second kappa shape index (κ2) is 5.90. The van der Waals surface area contributed by atoms with Gasteiger partial charge in [0.2, 0.25) is 11.7 Å². The molecule has 21 heavy (non-hydrogen) atoms. The zero-order valence-corrected chi connectivity index (χ0v) is 12.5. The Balaban J connectivity index is 2.19. The number of hydrogen-bond acceptors (Lipinski definition) is 6. The van der Waals surface area contributed by atoms with Gasteiger partial charge >= 0.3 is 0 Å². The van der Waals surface area contributed by atoms with E-state index in [2.05, 4.69) is 10.1 Å². The number of halogens is 1. The fraction of sp³-hybridized carbons (Fsp3) is 0.385. The van der Waals surface area contributed by atoms with Crippen LogP contribution >= 0.6 is 0 Å². The van der Waals surface area contributed by atoms with Gasteiger partial charge in [-0.15, -0.1) is 0 Å². The van der Waals surface area contributed by atoms with Crippen molar-refractivity contribution in [3.05, 3.63) is 35.5 Å². The first kappa shape index (κ1) is 15.6. The van der Waals surface area contributed by atoms with Crippen molar-refractivity contribution >= 4 is 9.84 Å². The highest BCUT2D eigenvalue weighted by Crippen LogP contribution is 2.23. The average Bonchev–Trinajstić information content (AvgIpc) is 2.87. The molecule has 0 aliphatic rings. The van der Waals surface area contributed by atoms with Gasteiger partial charge in [0.1, 0.15) is 15.7 Å². The second-order valence-electron chi connectivity index (χ2n) is 4.94. The van der Waals surface area contributed by atoms with Gasteiger partial charge in [-0.1, -0.05) is 11.2 Å². The monoisotopic (exact) mass is 313 g/mol. The third-order valence-corrected chi connectivity index (χ3v) is 3.98. The summed E-state index contributed by atoms with van der Waals surface area (Å²) in [5, 5.41) is 3.77. The number of aryl methyl sites for hydroxylation is 1. The van der Waals surface area contributed by atoms with Crippen molar-refractivity contribution in [2.45, 2.75) is 19.4 Å². The van der Waals surface area contributed by atoms with E-state index in [-0.39, 0.29) is 23.9 Å². The highest BCUT2D eigenvalue weighted by atomic mass is 32.2. The maximum atomic E-state index is 13.3. The third kappa shape index (κ3) is 4.08. The predicted molar refractivity (Wildman–Crippen MR) is 75.7 cm³/mol. The van der Waals surface area contributed by atoms with E-state index in [1.165, 1.54) is 12.1 Å². The summed E-state index contributed by atoms with van der Waals surface area (Å²) in [6.45, 7) is 1.80. The standard InChI is InChI=1S/C13H16FN3O3S/c1-8-3-4-9(14)7-10(8)12-16-13(20-17-12)11(15)5-6-21(2,18)19/h3-4,7,11H,5-6,15H2,1-2H3. The summed E-state index contributed by atoms with van der Waals surface area (Å²) in [4.78, 5) is 4.12. The number of nitrogens with two attached hydrogens (primary N) is 1. The molecule has 0 bridgehead atoms. The SMILES string of the molecule is Cc1ccc(F)cc1-c1noc(C(N)CCS(C)(=O)=O)n1. The summed E-state index contributed by atoms with van der Waals surface area (Å²) in [6.07, 6.45) is 1.32. The van der Waals surface area contributed by atoms with Gasteiger partial charge in [0.25, 0.3) is 0 Å². The average molecular weight is 313 g/mol. The van der Waals surface area contributed by atoms with Crippen molar-refractivity contribution in [2.75, 3.05) is 12.0 Å². The van der Waals surface area contributed by atoms with E-state index < -0.39 is 21.7 Å². The molecule has 6 nitrogen and oxygen atoms in total. The molecule has 114 valence electrons. The molecule has 0 fully saturated rings. The lowest BCUT2D eigenvalue weighted by atomic mass is 10.1. The van der Waals surface area contributed by atoms with Gasteiger partial charge in [0.15, 0.2) is 0 Å². The largest absolute Gasteiger partial charge is 0.337 e. The Morgan fingerprint density at radius 2 is 2.14 bits per heavy atom. The number of rotatable bonds is 5. The second-order valence-corrected chi connectivity index (χ2v) is 7.20. The Kier molecular flexibility index (Phi) is 4.38. The van der Waals surface area contributed by atoms with Crippen LogP contribution in [-0.2, 0) is 9.84 Å². The van der Waals surface area contributed by atoms with Gasteiger partial charge in [-0.05, 0) is 31.0 Å². The number of benzene rings is 1. The summed E-state index contributed by atoms with van der Waals surface area (Å²) in [6, 6.07) is 3.60. The van der Waals surface area contributed by atoms with E-state index in [0.29, 0.717) is 5.56 Å². The maximum Gasteiger partial charge on any atom is 0.243 e. The van der Waals surface area contributed by atoms with E-state index in [1.807, 2.05) is 0 Å². The fourth-order valence-electron chi connectivity index (χ4n) is 1.79. The molecular formula is C13H16FN3O3S. The maximum absolute atomic E-state index is 13.3. The summed E-state index contributed by atoms with van der Waals surface area (Å²) in [7, 11) is -3.10. The minimum absolute atomic E-state index is 0.0646. The summed E-state index contributed by atoms with van der Waals surface area (Å²) < 4.78 is 40.5. The lowest BCUT2D eigenvalue weighted by Crippen LogP contribution is -2.16. The minimum Gasteiger partial charge on any atom is -0.337 e. The number of aromatic nitrogens is 2. The normalized spacial score (nSPS) is 13.3. The van der Waals surface area contributed by atoms with Crippen molar-refractivity contribution < 1.29 is 17.3 Å².